The first-order valence-electron chi connectivity index (χ1n) is 15.6. The van der Waals surface area contributed by atoms with Crippen LogP contribution < -0.4 is 21.3 Å². The lowest BCUT2D eigenvalue weighted by Gasteiger charge is -2.29. The van der Waals surface area contributed by atoms with E-state index in [1.54, 1.807) is 69.7 Å². The van der Waals surface area contributed by atoms with Crippen LogP contribution in [0.4, 0.5) is 0 Å². The molecule has 0 aliphatic rings. The highest BCUT2D eigenvalue weighted by Crippen LogP contribution is 2.13. The van der Waals surface area contributed by atoms with E-state index in [0.29, 0.717) is 29.6 Å². The highest BCUT2D eigenvalue weighted by Gasteiger charge is 2.34. The van der Waals surface area contributed by atoms with Crippen molar-refractivity contribution in [2.24, 2.45) is 11.8 Å². The quantitative estimate of drug-likeness (QED) is 0.139. The van der Waals surface area contributed by atoms with Crippen LogP contribution in [0.15, 0.2) is 0 Å². The van der Waals surface area contributed by atoms with E-state index in [-0.39, 0.29) is 23.6 Å². The van der Waals surface area contributed by atoms with Crippen LogP contribution in [0.25, 0.3) is 0 Å². The van der Waals surface area contributed by atoms with Gasteiger partial charge in [-0.1, -0.05) is 35.1 Å². The standard InChI is InChI=1S/2C15H28N4O4.CH2I2/c2*1-8-11(14(22)18(5)6)15(23)19(7)10(3)13(21)17-9(2)12(20)16-4;1-3-2/h2*9-11H,8H2,1-7H3,(H,16,20)(H,17,21);1H2. The van der Waals surface area contributed by atoms with Crippen molar-refractivity contribution in [3.8, 4) is 0 Å². The molecule has 49 heavy (non-hydrogen) atoms. The highest BCUT2D eigenvalue weighted by molar-refractivity contribution is 15.0. The van der Waals surface area contributed by atoms with E-state index in [2.05, 4.69) is 44.4 Å². The van der Waals surface area contributed by atoms with Crippen LogP contribution in [0, 0.1) is 11.8 Å². The van der Waals surface area contributed by atoms with Crippen molar-refractivity contribution in [2.45, 2.75) is 78.6 Å². The summed E-state index contributed by atoms with van der Waals surface area (Å²) < 4.78 is 3.58. The van der Waals surface area contributed by atoms with Crippen molar-refractivity contribution in [3.05, 3.63) is 0 Å². The summed E-state index contributed by atoms with van der Waals surface area (Å²) in [5.41, 5.74) is 0. The highest BCUT2D eigenvalue weighted by atomic mass is 128. The van der Waals surface area contributed by atoms with Crippen LogP contribution in [0.1, 0.15) is 54.4 Å². The number of hydrogen-bond acceptors (Lipinski definition) is 8. The Hall–Kier alpha value is -2.91. The smallest absolute Gasteiger partial charge is 0.243 e. The minimum atomic E-state index is -0.818. The van der Waals surface area contributed by atoms with Crippen molar-refractivity contribution >= 4 is 87.1 Å². The Morgan fingerprint density at radius 3 is 1.00 bits per heavy atom. The molecule has 0 heterocycles. The fourth-order valence-corrected chi connectivity index (χ4v) is 3.99. The van der Waals surface area contributed by atoms with Crippen LogP contribution in [0.5, 0.6) is 0 Å². The molecule has 0 bridgehead atoms. The third kappa shape index (κ3) is 17.5. The lowest BCUT2D eigenvalue weighted by atomic mass is 10.0. The summed E-state index contributed by atoms with van der Waals surface area (Å²) in [4.78, 5) is 101. The molecule has 0 aliphatic heterocycles. The van der Waals surface area contributed by atoms with E-state index in [4.69, 9.17) is 0 Å². The zero-order chi connectivity index (χ0) is 39.3. The van der Waals surface area contributed by atoms with Gasteiger partial charge in [0.1, 0.15) is 36.0 Å². The molecule has 0 saturated carbocycles. The molecule has 0 saturated heterocycles. The van der Waals surface area contributed by atoms with Crippen LogP contribution in [-0.2, 0) is 38.4 Å². The molecule has 16 nitrogen and oxygen atoms in total. The number of likely N-dealkylation sites (N-methyl/N-ethyl adjacent to an activating group) is 4. The van der Waals surface area contributed by atoms with Gasteiger partial charge in [-0.2, -0.15) is 0 Å². The van der Waals surface area contributed by atoms with Gasteiger partial charge in [-0.25, -0.2) is 0 Å². The van der Waals surface area contributed by atoms with E-state index in [1.807, 2.05) is 0 Å². The fraction of sp³-hybridized carbons (Fsp3) is 0.710. The molecule has 0 aliphatic carbocycles. The topological polar surface area (TPSA) is 198 Å². The molecular weight excluding hydrogens is 866 g/mol. The average molecular weight is 925 g/mol. The van der Waals surface area contributed by atoms with Crippen molar-refractivity contribution < 1.29 is 38.4 Å². The first-order chi connectivity index (χ1) is 22.6. The van der Waals surface area contributed by atoms with Gasteiger partial charge in [0.05, 0.1) is 0 Å². The Kier molecular flexibility index (Phi) is 26.8. The Morgan fingerprint density at radius 2 is 0.816 bits per heavy atom. The van der Waals surface area contributed by atoms with Gasteiger partial charge in [0, 0.05) is 56.4 Å². The van der Waals surface area contributed by atoms with E-state index < -0.39 is 59.6 Å². The first kappa shape index (κ1) is 50.5. The summed E-state index contributed by atoms with van der Waals surface area (Å²) in [5.74, 6) is -4.62. The zero-order valence-corrected chi connectivity index (χ0v) is 35.7. The van der Waals surface area contributed by atoms with E-state index in [0.717, 1.165) is 0 Å². The van der Waals surface area contributed by atoms with Crippen molar-refractivity contribution in [3.63, 3.8) is 0 Å². The molecular formula is C31H58I2N8O8. The van der Waals surface area contributed by atoms with Crippen LogP contribution in [-0.4, -0.2) is 152 Å². The number of hydrogen-bond donors (Lipinski definition) is 4. The molecule has 6 unspecified atom stereocenters. The molecule has 0 spiro atoms. The number of carbonyl (C=O) groups excluding carboxylic acids is 8. The third-order valence-electron chi connectivity index (χ3n) is 7.50. The summed E-state index contributed by atoms with van der Waals surface area (Å²) in [5, 5.41) is 9.93. The average Bonchev–Trinajstić information content (AvgIpc) is 3.06. The monoisotopic (exact) mass is 924 g/mol. The molecule has 0 radical (unpaired) electrons. The molecule has 0 aromatic heterocycles. The second kappa shape index (κ2) is 26.0. The maximum atomic E-state index is 12.5. The van der Waals surface area contributed by atoms with Gasteiger partial charge in [-0.15, -0.1) is 0 Å². The molecule has 18 heteroatoms. The maximum absolute atomic E-state index is 12.5. The zero-order valence-electron chi connectivity index (χ0n) is 31.4. The third-order valence-corrected chi connectivity index (χ3v) is 7.50. The number of amides is 8. The van der Waals surface area contributed by atoms with E-state index in [1.165, 1.54) is 47.8 Å². The van der Waals surface area contributed by atoms with Crippen molar-refractivity contribution in [1.29, 1.82) is 0 Å². The second-order valence-corrected chi connectivity index (χ2v) is 15.9. The van der Waals surface area contributed by atoms with E-state index >= 15 is 0 Å². The summed E-state index contributed by atoms with van der Waals surface area (Å²) >= 11 is 2.60. The minimum absolute atomic E-state index is 0.296. The number of nitrogens with zero attached hydrogens (tertiary/aromatic N) is 4. The summed E-state index contributed by atoms with van der Waals surface area (Å²) in [6.45, 7) is 9.70. The van der Waals surface area contributed by atoms with Gasteiger partial charge in [0.2, 0.25) is 47.3 Å². The molecule has 0 aromatic rings. The van der Waals surface area contributed by atoms with Crippen LogP contribution >= 0.6 is 35.4 Å². The fourth-order valence-electron chi connectivity index (χ4n) is 3.99. The van der Waals surface area contributed by atoms with Gasteiger partial charge in [0.15, 0.2) is 0 Å². The molecule has 0 fully saturated rings. The summed E-state index contributed by atoms with van der Waals surface area (Å²) in [7, 11) is 12.2. The number of rotatable bonds is 14. The molecule has 284 valence electrons. The van der Waals surface area contributed by atoms with Crippen LogP contribution in [0.3, 0.4) is 0 Å². The van der Waals surface area contributed by atoms with Crippen molar-refractivity contribution in [1.82, 2.24) is 40.9 Å². The summed E-state index contributed by atoms with van der Waals surface area (Å²) in [6.07, 6.45) is 0.701. The molecule has 8 amide bonds. The lowest BCUT2D eigenvalue weighted by molar-refractivity contribution is -0.150. The lowest BCUT2D eigenvalue weighted by Crippen LogP contribution is -2.53. The molecule has 6 atom stereocenters. The Balaban J connectivity index is -0.000000798. The predicted octanol–water partition coefficient (Wildman–Crippen LogP) is 0.136. The second-order valence-electron chi connectivity index (χ2n) is 11.4. The number of nitrogens with one attached hydrogen (secondary N) is 4. The normalized spacial score (nSPS) is 13.7. The molecule has 4 N–H and O–H groups in total. The van der Waals surface area contributed by atoms with Gasteiger partial charge in [-0.3, -0.25) is 38.4 Å². The van der Waals surface area contributed by atoms with Crippen molar-refractivity contribution in [2.75, 3.05) is 56.4 Å². The largest absolute Gasteiger partial charge is 0.357 e. The first-order valence-corrected chi connectivity index (χ1v) is 23.4. The van der Waals surface area contributed by atoms with Gasteiger partial charge < -0.3 is 40.9 Å². The van der Waals surface area contributed by atoms with Gasteiger partial charge >= 0.3 is 0 Å². The Morgan fingerprint density at radius 1 is 0.571 bits per heavy atom. The SMILES string of the molecule is C=II.CCC(C(=O)N(C)C)C(=O)N(C)C(C)C(=O)NC(C)C(=O)NC.CCC(C(=O)N(C)C)C(=O)N(C)C(C)C(=O)NC(C)C(=O)NC. The van der Waals surface area contributed by atoms with E-state index in [9.17, 15) is 38.4 Å². The Labute approximate surface area is 311 Å². The maximum Gasteiger partial charge on any atom is 0.243 e. The van der Waals surface area contributed by atoms with Crippen LogP contribution in [0.2, 0.25) is 0 Å². The summed E-state index contributed by atoms with van der Waals surface area (Å²) in [6, 6.07) is -3.00. The molecule has 0 aromatic carbocycles. The van der Waals surface area contributed by atoms with Gasteiger partial charge in [0.25, 0.3) is 0 Å². The van der Waals surface area contributed by atoms with Gasteiger partial charge in [-0.05, 0) is 59.2 Å². The number of carbonyl (C=O) groups is 8. The molecule has 0 rings (SSSR count). The minimum Gasteiger partial charge on any atom is -0.357 e. The predicted molar refractivity (Wildman–Crippen MR) is 208 cm³/mol. The Bertz CT molecular complexity index is 1070. The number of halogens is 2.